The average molecular weight is 275 g/mol. The number of nitrogens with zero attached hydrogens (tertiary/aromatic N) is 2. The molecule has 4 nitrogen and oxygen atoms in total. The van der Waals surface area contributed by atoms with Crippen LogP contribution in [0.5, 0.6) is 0 Å². The molecule has 0 atom stereocenters. The molecule has 1 rings (SSSR count). The average Bonchev–Trinajstić information content (AvgIpc) is 2.39. The fourth-order valence-corrected chi connectivity index (χ4v) is 1.38. The summed E-state index contributed by atoms with van der Waals surface area (Å²) in [7, 11) is 0. The van der Waals surface area contributed by atoms with E-state index in [9.17, 15) is 4.91 Å². The standard InChI is InChI=1S/C6H5N3OS.Ag/c1-4-3-11-6(8-4)5(2-7)9-10;/h3,8H,1H3;. The predicted octanol–water partition coefficient (Wildman–Crippen LogP) is 1.64. The van der Waals surface area contributed by atoms with Crippen LogP contribution in [0.15, 0.2) is 27.0 Å². The molecule has 6 heteroatoms. The first-order valence-corrected chi connectivity index (χ1v) is 3.74. The Morgan fingerprint density at radius 2 is 2.50 bits per heavy atom. The molecular formula is C6H5AgN3OS. The molecule has 0 bridgehead atoms. The number of hydrogen-bond acceptors (Lipinski definition) is 5. The predicted molar refractivity (Wildman–Crippen MR) is 42.9 cm³/mol. The van der Waals surface area contributed by atoms with Crippen molar-refractivity contribution < 1.29 is 22.4 Å². The van der Waals surface area contributed by atoms with Gasteiger partial charge in [0.05, 0.1) is 0 Å². The van der Waals surface area contributed by atoms with E-state index in [0.717, 1.165) is 5.70 Å². The van der Waals surface area contributed by atoms with Crippen molar-refractivity contribution in [2.45, 2.75) is 6.92 Å². The summed E-state index contributed by atoms with van der Waals surface area (Å²) >= 11 is 1.30. The van der Waals surface area contributed by atoms with Gasteiger partial charge < -0.3 is 5.32 Å². The third-order valence-corrected chi connectivity index (χ3v) is 2.08. The van der Waals surface area contributed by atoms with Crippen LogP contribution in [0.4, 0.5) is 0 Å². The summed E-state index contributed by atoms with van der Waals surface area (Å²) in [6.45, 7) is 1.85. The SMILES string of the molecule is CC1=CSC(=C(C#N)N=O)N1.[Ag]. The third-order valence-electron chi connectivity index (χ3n) is 1.08. The van der Waals surface area contributed by atoms with E-state index in [4.69, 9.17) is 5.26 Å². The Bertz CT molecular complexity index is 292. The minimum absolute atomic E-state index is 0. The van der Waals surface area contributed by atoms with Crippen LogP contribution < -0.4 is 5.32 Å². The number of nitrogens with one attached hydrogen (secondary N) is 1. The first kappa shape index (κ1) is 11.5. The van der Waals surface area contributed by atoms with Gasteiger partial charge in [-0.2, -0.15) is 5.26 Å². The molecule has 0 aromatic carbocycles. The summed E-state index contributed by atoms with van der Waals surface area (Å²) in [6, 6.07) is 1.70. The maximum atomic E-state index is 10.0. The third kappa shape index (κ3) is 2.50. The zero-order valence-corrected chi connectivity index (χ0v) is 8.39. The van der Waals surface area contributed by atoms with Crippen molar-refractivity contribution >= 4 is 11.8 Å². The molecule has 67 valence electrons. The molecule has 1 radical (unpaired) electrons. The largest absolute Gasteiger partial charge is 0.351 e. The van der Waals surface area contributed by atoms with E-state index in [2.05, 4.69) is 10.5 Å². The van der Waals surface area contributed by atoms with Gasteiger partial charge in [-0.3, -0.25) is 0 Å². The maximum absolute atomic E-state index is 10.0. The molecule has 12 heavy (non-hydrogen) atoms. The molecule has 0 unspecified atom stereocenters. The van der Waals surface area contributed by atoms with Gasteiger partial charge in [-0.1, -0.05) is 11.8 Å². The molecule has 1 heterocycles. The van der Waals surface area contributed by atoms with E-state index in [1.54, 1.807) is 6.07 Å². The Kier molecular flexibility index (Phi) is 4.93. The maximum Gasteiger partial charge on any atom is 0.215 e. The minimum Gasteiger partial charge on any atom is -0.351 e. The second-order valence-electron chi connectivity index (χ2n) is 1.92. The number of nitriles is 1. The van der Waals surface area contributed by atoms with Crippen molar-refractivity contribution in [1.82, 2.24) is 5.32 Å². The molecule has 0 fully saturated rings. The molecule has 0 aromatic heterocycles. The van der Waals surface area contributed by atoms with Crippen LogP contribution in [0.25, 0.3) is 0 Å². The summed E-state index contributed by atoms with van der Waals surface area (Å²) in [5, 5.41) is 16.1. The van der Waals surface area contributed by atoms with E-state index in [1.807, 2.05) is 12.3 Å². The minimum atomic E-state index is -0.0944. The summed E-state index contributed by atoms with van der Waals surface area (Å²) < 4.78 is 0. The number of rotatable bonds is 1. The monoisotopic (exact) mass is 274 g/mol. The molecule has 0 spiro atoms. The van der Waals surface area contributed by atoms with Crippen LogP contribution in [0.1, 0.15) is 6.92 Å². The molecular weight excluding hydrogens is 270 g/mol. The van der Waals surface area contributed by atoms with Crippen LogP contribution in [0.3, 0.4) is 0 Å². The van der Waals surface area contributed by atoms with Gasteiger partial charge in [-0.05, 0) is 17.5 Å². The van der Waals surface area contributed by atoms with Gasteiger partial charge in [0.1, 0.15) is 11.1 Å². The fraction of sp³-hybridized carbons (Fsp3) is 0.167. The Hall–Kier alpha value is -0.540. The molecule has 0 amide bonds. The van der Waals surface area contributed by atoms with Crippen LogP contribution in [0, 0.1) is 16.2 Å². The molecule has 0 saturated heterocycles. The zero-order valence-electron chi connectivity index (χ0n) is 6.09. The van der Waals surface area contributed by atoms with Crippen molar-refractivity contribution in [1.29, 1.82) is 5.26 Å². The van der Waals surface area contributed by atoms with E-state index in [-0.39, 0.29) is 28.1 Å². The van der Waals surface area contributed by atoms with Crippen molar-refractivity contribution in [2.24, 2.45) is 5.18 Å². The van der Waals surface area contributed by atoms with Gasteiger partial charge in [-0.15, -0.1) is 4.91 Å². The second-order valence-corrected chi connectivity index (χ2v) is 2.80. The molecule has 1 aliphatic heterocycles. The Morgan fingerprint density at radius 3 is 2.83 bits per heavy atom. The number of thioether (sulfide) groups is 1. The van der Waals surface area contributed by atoms with Crippen LogP contribution >= 0.6 is 11.8 Å². The first-order valence-electron chi connectivity index (χ1n) is 2.86. The smallest absolute Gasteiger partial charge is 0.215 e. The Morgan fingerprint density at radius 1 is 1.83 bits per heavy atom. The fourth-order valence-electron chi connectivity index (χ4n) is 0.613. The molecule has 0 aliphatic carbocycles. The van der Waals surface area contributed by atoms with E-state index in [0.29, 0.717) is 5.03 Å². The molecule has 1 N–H and O–H groups in total. The Balaban J connectivity index is 0.00000121. The van der Waals surface area contributed by atoms with Crippen molar-refractivity contribution in [3.63, 3.8) is 0 Å². The zero-order chi connectivity index (χ0) is 8.27. The number of allylic oxidation sites excluding steroid dienone is 2. The van der Waals surface area contributed by atoms with Gasteiger partial charge in [0, 0.05) is 28.1 Å². The molecule has 1 aliphatic rings. The summed E-state index contributed by atoms with van der Waals surface area (Å²) in [5.74, 6) is 0. The summed E-state index contributed by atoms with van der Waals surface area (Å²) in [5.41, 5.74) is 0.824. The van der Waals surface area contributed by atoms with E-state index < -0.39 is 0 Å². The normalized spacial score (nSPS) is 18.2. The van der Waals surface area contributed by atoms with Gasteiger partial charge in [0.2, 0.25) is 5.70 Å². The summed E-state index contributed by atoms with van der Waals surface area (Å²) in [4.78, 5) is 10.0. The quantitative estimate of drug-likeness (QED) is 0.449. The molecule has 0 aromatic rings. The van der Waals surface area contributed by atoms with Crippen molar-refractivity contribution in [2.75, 3.05) is 0 Å². The van der Waals surface area contributed by atoms with Gasteiger partial charge in [0.15, 0.2) is 0 Å². The molecule has 0 saturated carbocycles. The first-order chi connectivity index (χ1) is 5.27. The van der Waals surface area contributed by atoms with Crippen molar-refractivity contribution in [3.8, 4) is 6.07 Å². The second kappa shape index (κ2) is 5.17. The van der Waals surface area contributed by atoms with Gasteiger partial charge >= 0.3 is 0 Å². The topological polar surface area (TPSA) is 65.2 Å². The van der Waals surface area contributed by atoms with Crippen molar-refractivity contribution in [3.05, 3.63) is 26.7 Å². The Labute approximate surface area is 89.6 Å². The summed E-state index contributed by atoms with van der Waals surface area (Å²) in [6.07, 6.45) is 0. The van der Waals surface area contributed by atoms with Crippen LogP contribution in [-0.4, -0.2) is 0 Å². The van der Waals surface area contributed by atoms with Gasteiger partial charge in [-0.25, -0.2) is 0 Å². The van der Waals surface area contributed by atoms with E-state index in [1.165, 1.54) is 11.8 Å². The van der Waals surface area contributed by atoms with Crippen LogP contribution in [0.2, 0.25) is 0 Å². The van der Waals surface area contributed by atoms with E-state index >= 15 is 0 Å². The van der Waals surface area contributed by atoms with Gasteiger partial charge in [0.25, 0.3) is 0 Å². The van der Waals surface area contributed by atoms with Crippen LogP contribution in [-0.2, 0) is 22.4 Å². The number of nitroso groups, excluding NO2 is 1. The number of hydrogen-bond donors (Lipinski definition) is 1.